The third-order valence-electron chi connectivity index (χ3n) is 7.70. The normalized spacial score (nSPS) is 15.4. The molecule has 5 atom stereocenters. The van der Waals surface area contributed by atoms with Crippen LogP contribution in [0.5, 0.6) is 0 Å². The number of esters is 1. The van der Waals surface area contributed by atoms with E-state index >= 15 is 0 Å². The Morgan fingerprint density at radius 3 is 1.23 bits per heavy atom. The van der Waals surface area contributed by atoms with Crippen LogP contribution in [-0.2, 0) is 14.3 Å². The molecule has 232 valence electrons. The van der Waals surface area contributed by atoms with Crippen LogP contribution in [0.3, 0.4) is 0 Å². The number of hydrogen-bond acceptors (Lipinski definition) is 7. The summed E-state index contributed by atoms with van der Waals surface area (Å²) in [6.45, 7) is 4.46. The molecule has 0 spiro atoms. The molecule has 0 rings (SSSR count). The van der Waals surface area contributed by atoms with Gasteiger partial charge in [0.1, 0.15) is 24.4 Å². The van der Waals surface area contributed by atoms with Gasteiger partial charge in [-0.1, -0.05) is 136 Å². The molecule has 0 amide bonds. The minimum atomic E-state index is -2.03. The maximum absolute atomic E-state index is 12.5. The van der Waals surface area contributed by atoms with E-state index in [1.807, 2.05) is 0 Å². The molecule has 39 heavy (non-hydrogen) atoms. The van der Waals surface area contributed by atoms with Crippen LogP contribution < -0.4 is 0 Å². The summed E-state index contributed by atoms with van der Waals surface area (Å²) < 4.78 is 5.54. The molecule has 0 saturated heterocycles. The quantitative estimate of drug-likeness (QED) is 0.0466. The molecule has 0 fully saturated rings. The molecule has 0 aliphatic carbocycles. The molecule has 0 aromatic heterocycles. The number of unbranched alkanes of at least 4 members (excludes halogenated alkanes) is 19. The van der Waals surface area contributed by atoms with E-state index in [1.54, 1.807) is 0 Å². The standard InChI is InChI=1S/C32H62O7/c1-3-5-7-9-11-13-15-17-19-21-23-25-27(24-22-20-18-16-14-12-10-8-6-4-2)39-32(38)31(37)30(36)29(35)28(34)26-33/h26-31,34-37H,3-25H2,1-2H3/t27?,28-,29+,30+,31-/m0/s1. The van der Waals surface area contributed by atoms with Gasteiger partial charge in [0.25, 0.3) is 0 Å². The van der Waals surface area contributed by atoms with Gasteiger partial charge in [0.15, 0.2) is 12.4 Å². The van der Waals surface area contributed by atoms with Crippen LogP contribution in [0.25, 0.3) is 0 Å². The van der Waals surface area contributed by atoms with Crippen molar-refractivity contribution < 1.29 is 34.8 Å². The van der Waals surface area contributed by atoms with E-state index in [2.05, 4.69) is 13.8 Å². The number of carbonyl (C=O) groups excluding carboxylic acids is 2. The Kier molecular flexibility index (Phi) is 26.5. The van der Waals surface area contributed by atoms with Crippen molar-refractivity contribution in [1.82, 2.24) is 0 Å². The maximum Gasteiger partial charge on any atom is 0.338 e. The average molecular weight is 559 g/mol. The summed E-state index contributed by atoms with van der Waals surface area (Å²) in [7, 11) is 0. The summed E-state index contributed by atoms with van der Waals surface area (Å²) >= 11 is 0. The summed E-state index contributed by atoms with van der Waals surface area (Å²) in [6.07, 6.45) is 18.9. The fourth-order valence-corrected chi connectivity index (χ4v) is 5.00. The summed E-state index contributed by atoms with van der Waals surface area (Å²) in [4.78, 5) is 23.1. The molecule has 0 bridgehead atoms. The first-order chi connectivity index (χ1) is 18.9. The Hall–Kier alpha value is -1.02. The van der Waals surface area contributed by atoms with Crippen LogP contribution in [0.4, 0.5) is 0 Å². The Morgan fingerprint density at radius 2 is 0.897 bits per heavy atom. The first kappa shape index (κ1) is 38.0. The Balaban J connectivity index is 4.42. The lowest BCUT2D eigenvalue weighted by atomic mass is 10.0. The zero-order chi connectivity index (χ0) is 29.1. The van der Waals surface area contributed by atoms with Gasteiger partial charge in [-0.25, -0.2) is 4.79 Å². The van der Waals surface area contributed by atoms with E-state index in [0.29, 0.717) is 12.8 Å². The molecular weight excluding hydrogens is 496 g/mol. The maximum atomic E-state index is 12.5. The second kappa shape index (κ2) is 27.2. The highest BCUT2D eigenvalue weighted by molar-refractivity contribution is 5.75. The Bertz CT molecular complexity index is 557. The highest BCUT2D eigenvalue weighted by Crippen LogP contribution is 2.19. The molecule has 0 saturated carbocycles. The smallest absolute Gasteiger partial charge is 0.338 e. The molecule has 0 aliphatic heterocycles. The van der Waals surface area contributed by atoms with Crippen LogP contribution in [0.2, 0.25) is 0 Å². The van der Waals surface area contributed by atoms with Crippen LogP contribution >= 0.6 is 0 Å². The predicted molar refractivity (Wildman–Crippen MR) is 158 cm³/mol. The van der Waals surface area contributed by atoms with Crippen molar-refractivity contribution in [2.75, 3.05) is 0 Å². The molecule has 0 radical (unpaired) electrons. The van der Waals surface area contributed by atoms with Gasteiger partial charge in [-0.3, -0.25) is 0 Å². The number of aliphatic hydroxyl groups is 4. The number of hydrogen-bond donors (Lipinski definition) is 4. The molecule has 1 unspecified atom stereocenters. The van der Waals surface area contributed by atoms with Gasteiger partial charge in [0.05, 0.1) is 0 Å². The monoisotopic (exact) mass is 558 g/mol. The van der Waals surface area contributed by atoms with Crippen molar-refractivity contribution in [2.45, 2.75) is 192 Å². The second-order valence-corrected chi connectivity index (χ2v) is 11.4. The van der Waals surface area contributed by atoms with Gasteiger partial charge < -0.3 is 30.0 Å². The lowest BCUT2D eigenvalue weighted by Gasteiger charge is -2.25. The van der Waals surface area contributed by atoms with Crippen molar-refractivity contribution in [2.24, 2.45) is 0 Å². The summed E-state index contributed by atoms with van der Waals surface area (Å²) in [5.41, 5.74) is 0. The number of aldehydes is 1. The second-order valence-electron chi connectivity index (χ2n) is 11.4. The van der Waals surface area contributed by atoms with E-state index in [1.165, 1.54) is 96.3 Å². The zero-order valence-electron chi connectivity index (χ0n) is 25.2. The third-order valence-corrected chi connectivity index (χ3v) is 7.70. The summed E-state index contributed by atoms with van der Waals surface area (Å²) in [6, 6.07) is 0. The molecule has 4 N–H and O–H groups in total. The van der Waals surface area contributed by atoms with Crippen molar-refractivity contribution in [3.8, 4) is 0 Å². The fourth-order valence-electron chi connectivity index (χ4n) is 5.00. The van der Waals surface area contributed by atoms with Gasteiger partial charge in [0, 0.05) is 0 Å². The lowest BCUT2D eigenvalue weighted by molar-refractivity contribution is -0.175. The highest BCUT2D eigenvalue weighted by atomic mass is 16.6. The van der Waals surface area contributed by atoms with Crippen molar-refractivity contribution >= 4 is 12.3 Å². The lowest BCUT2D eigenvalue weighted by Crippen LogP contribution is -2.49. The fraction of sp³-hybridized carbons (Fsp3) is 0.938. The van der Waals surface area contributed by atoms with Crippen molar-refractivity contribution in [1.29, 1.82) is 0 Å². The van der Waals surface area contributed by atoms with Gasteiger partial charge in [0.2, 0.25) is 0 Å². The molecule has 7 heteroatoms. The highest BCUT2D eigenvalue weighted by Gasteiger charge is 2.36. The van der Waals surface area contributed by atoms with Gasteiger partial charge in [-0.05, 0) is 25.7 Å². The molecule has 0 aliphatic rings. The summed E-state index contributed by atoms with van der Waals surface area (Å²) in [5.74, 6) is -1.03. The average Bonchev–Trinajstić information content (AvgIpc) is 2.94. The molecule has 7 nitrogen and oxygen atoms in total. The molecule has 0 aromatic carbocycles. The number of carbonyl (C=O) groups is 2. The van der Waals surface area contributed by atoms with Gasteiger partial charge in [-0.15, -0.1) is 0 Å². The summed E-state index contributed by atoms with van der Waals surface area (Å²) in [5, 5.41) is 39.3. The van der Waals surface area contributed by atoms with Crippen LogP contribution in [0.1, 0.15) is 162 Å². The van der Waals surface area contributed by atoms with Crippen molar-refractivity contribution in [3.05, 3.63) is 0 Å². The Morgan fingerprint density at radius 1 is 0.564 bits per heavy atom. The molecule has 0 heterocycles. The molecular formula is C32H62O7. The van der Waals surface area contributed by atoms with E-state index in [9.17, 15) is 30.0 Å². The minimum Gasteiger partial charge on any atom is -0.460 e. The number of aliphatic hydroxyl groups excluding tert-OH is 4. The SMILES string of the molecule is CCCCCCCCCCCCCC(CCCCCCCCCCCC)OC(=O)[C@@H](O)[C@H](O)[C@H](O)[C@@H](O)C=O. The van der Waals surface area contributed by atoms with Crippen LogP contribution in [-0.4, -0.2) is 63.2 Å². The predicted octanol–water partition coefficient (Wildman–Crippen LogP) is 6.55. The largest absolute Gasteiger partial charge is 0.460 e. The van der Waals surface area contributed by atoms with E-state index in [-0.39, 0.29) is 12.4 Å². The van der Waals surface area contributed by atoms with E-state index in [4.69, 9.17) is 4.74 Å². The first-order valence-electron chi connectivity index (χ1n) is 16.3. The minimum absolute atomic E-state index is 0.0480. The van der Waals surface area contributed by atoms with E-state index in [0.717, 1.165) is 38.5 Å². The zero-order valence-corrected chi connectivity index (χ0v) is 25.2. The van der Waals surface area contributed by atoms with Crippen LogP contribution in [0, 0.1) is 0 Å². The van der Waals surface area contributed by atoms with Crippen LogP contribution in [0.15, 0.2) is 0 Å². The van der Waals surface area contributed by atoms with Gasteiger partial charge >= 0.3 is 5.97 Å². The Labute approximate surface area is 239 Å². The number of rotatable bonds is 29. The third kappa shape index (κ3) is 21.4. The van der Waals surface area contributed by atoms with Crippen molar-refractivity contribution in [3.63, 3.8) is 0 Å². The molecule has 0 aromatic rings. The first-order valence-corrected chi connectivity index (χ1v) is 16.3. The number of ether oxygens (including phenoxy) is 1. The van der Waals surface area contributed by atoms with Gasteiger partial charge in [-0.2, -0.15) is 0 Å². The topological polar surface area (TPSA) is 124 Å². The van der Waals surface area contributed by atoms with E-state index < -0.39 is 30.4 Å².